The Kier molecular flexibility index (Phi) is 3.56. The molecule has 1 N–H and O–H groups in total. The van der Waals surface area contributed by atoms with Crippen molar-refractivity contribution in [1.82, 2.24) is 15.1 Å². The van der Waals surface area contributed by atoms with Crippen molar-refractivity contribution < 1.29 is 13.6 Å². The van der Waals surface area contributed by atoms with Crippen LogP contribution in [0.25, 0.3) is 10.8 Å². The summed E-state index contributed by atoms with van der Waals surface area (Å²) in [6, 6.07) is 8.80. The predicted octanol–water partition coefficient (Wildman–Crippen LogP) is 2.40. The summed E-state index contributed by atoms with van der Waals surface area (Å²) in [5.74, 6) is -1.68. The maximum absolute atomic E-state index is 14.0. The van der Waals surface area contributed by atoms with Crippen LogP contribution in [-0.4, -0.2) is 27.5 Å². The van der Waals surface area contributed by atoms with E-state index in [1.807, 2.05) is 0 Å². The topological polar surface area (TPSA) is 66.1 Å². The molecule has 0 aliphatic carbocycles. The molecular weight excluding hydrogens is 328 g/mol. The van der Waals surface area contributed by atoms with Gasteiger partial charge in [0.15, 0.2) is 5.69 Å². The summed E-state index contributed by atoms with van der Waals surface area (Å²) in [5.41, 5.74) is 0.620. The van der Waals surface area contributed by atoms with E-state index in [1.54, 1.807) is 24.3 Å². The molecule has 0 bridgehead atoms. The number of H-pyrrole nitrogens is 1. The first-order valence-electron chi connectivity index (χ1n) is 7.78. The van der Waals surface area contributed by atoms with Crippen LogP contribution in [0, 0.1) is 11.6 Å². The Morgan fingerprint density at radius 3 is 2.72 bits per heavy atom. The Bertz CT molecular complexity index is 1060. The van der Waals surface area contributed by atoms with Crippen LogP contribution in [0.1, 0.15) is 21.6 Å². The lowest BCUT2D eigenvalue weighted by atomic mass is 9.98. The van der Waals surface area contributed by atoms with E-state index in [0.29, 0.717) is 34.9 Å². The number of nitrogens with zero attached hydrogens (tertiary/aromatic N) is 2. The number of aromatic amines is 1. The van der Waals surface area contributed by atoms with Crippen LogP contribution in [0.5, 0.6) is 0 Å². The van der Waals surface area contributed by atoms with E-state index in [0.717, 1.165) is 6.07 Å². The maximum Gasteiger partial charge on any atom is 0.275 e. The minimum atomic E-state index is -0.660. The molecule has 5 nitrogen and oxygen atoms in total. The van der Waals surface area contributed by atoms with E-state index in [9.17, 15) is 18.4 Å². The zero-order chi connectivity index (χ0) is 17.6. The molecule has 1 amide bonds. The Hall–Kier alpha value is -3.09. The normalized spacial score (nSPS) is 13.8. The third-order valence-electron chi connectivity index (χ3n) is 4.44. The lowest BCUT2D eigenvalue weighted by molar-refractivity contribution is 0.0727. The van der Waals surface area contributed by atoms with Crippen LogP contribution in [0.15, 0.2) is 41.2 Å². The highest BCUT2D eigenvalue weighted by atomic mass is 19.1. The highest BCUT2D eigenvalue weighted by molar-refractivity contribution is 6.04. The molecule has 0 unspecified atom stereocenters. The molecule has 1 aliphatic heterocycles. The summed E-state index contributed by atoms with van der Waals surface area (Å²) in [6.07, 6.45) is 0.358. The van der Waals surface area contributed by atoms with E-state index in [2.05, 4.69) is 10.2 Å². The van der Waals surface area contributed by atoms with E-state index < -0.39 is 17.5 Å². The fourth-order valence-electron chi connectivity index (χ4n) is 3.18. The minimum Gasteiger partial charge on any atom is -0.332 e. The first-order valence-corrected chi connectivity index (χ1v) is 7.78. The number of carbonyl (C=O) groups is 1. The Morgan fingerprint density at radius 2 is 1.92 bits per heavy atom. The number of nitrogens with one attached hydrogen (secondary N) is 1. The quantitative estimate of drug-likeness (QED) is 0.739. The van der Waals surface area contributed by atoms with E-state index in [1.165, 1.54) is 11.0 Å². The molecule has 0 atom stereocenters. The summed E-state index contributed by atoms with van der Waals surface area (Å²) >= 11 is 0. The number of hydrogen-bond acceptors (Lipinski definition) is 3. The molecular formula is C18H13F2N3O2. The summed E-state index contributed by atoms with van der Waals surface area (Å²) in [4.78, 5) is 26.2. The molecule has 2 aromatic carbocycles. The van der Waals surface area contributed by atoms with Crippen LogP contribution in [0.2, 0.25) is 0 Å². The van der Waals surface area contributed by atoms with Crippen molar-refractivity contribution in [1.29, 1.82) is 0 Å². The van der Waals surface area contributed by atoms with E-state index in [-0.39, 0.29) is 17.8 Å². The number of benzene rings is 2. The average Bonchev–Trinajstić information content (AvgIpc) is 2.61. The lowest BCUT2D eigenvalue weighted by Crippen LogP contribution is -2.37. The number of hydrogen-bond donors (Lipinski definition) is 1. The molecule has 25 heavy (non-hydrogen) atoms. The molecule has 7 heteroatoms. The standard InChI is InChI=1S/C18H13F2N3O2/c19-11-7-10-5-6-23(9-14(10)15(20)8-11)18(25)16-12-3-1-2-4-13(12)17(24)22-21-16/h1-4,7-8H,5-6,9H2,(H,22,24). The van der Waals surface area contributed by atoms with Gasteiger partial charge in [-0.1, -0.05) is 18.2 Å². The Balaban J connectivity index is 1.73. The number of halogens is 2. The second-order valence-electron chi connectivity index (χ2n) is 5.95. The van der Waals surface area contributed by atoms with Crippen molar-refractivity contribution in [3.05, 3.63) is 75.2 Å². The van der Waals surface area contributed by atoms with Crippen molar-refractivity contribution in [2.45, 2.75) is 13.0 Å². The number of carbonyl (C=O) groups excluding carboxylic acids is 1. The SMILES string of the molecule is O=C(c1n[nH]c(=O)c2ccccc12)N1CCc2cc(F)cc(F)c2C1. The first-order chi connectivity index (χ1) is 12.0. The van der Waals surface area contributed by atoms with Gasteiger partial charge in [-0.2, -0.15) is 5.10 Å². The molecule has 126 valence electrons. The molecule has 0 saturated carbocycles. The number of aromatic nitrogens is 2. The van der Waals surface area contributed by atoms with E-state index in [4.69, 9.17) is 0 Å². The predicted molar refractivity (Wildman–Crippen MR) is 87.2 cm³/mol. The molecule has 4 rings (SSSR count). The fraction of sp³-hybridized carbons (Fsp3) is 0.167. The van der Waals surface area contributed by atoms with E-state index >= 15 is 0 Å². The average molecular weight is 341 g/mol. The Labute approximate surface area is 140 Å². The van der Waals surface area contributed by atoms with Crippen molar-refractivity contribution in [3.63, 3.8) is 0 Å². The van der Waals surface area contributed by atoms with Gasteiger partial charge in [0.2, 0.25) is 0 Å². The zero-order valence-electron chi connectivity index (χ0n) is 13.1. The molecule has 1 aliphatic rings. The van der Waals surface area contributed by atoms with Gasteiger partial charge in [0.1, 0.15) is 11.6 Å². The van der Waals surface area contributed by atoms with Gasteiger partial charge in [-0.3, -0.25) is 9.59 Å². The van der Waals surface area contributed by atoms with Crippen molar-refractivity contribution in [2.24, 2.45) is 0 Å². The second-order valence-corrected chi connectivity index (χ2v) is 5.95. The summed E-state index contributed by atoms with van der Waals surface area (Å²) in [6.45, 7) is 0.360. The van der Waals surface area contributed by atoms with Gasteiger partial charge >= 0.3 is 0 Å². The Morgan fingerprint density at radius 1 is 1.16 bits per heavy atom. The van der Waals surface area contributed by atoms with Gasteiger partial charge < -0.3 is 4.90 Å². The molecule has 1 aromatic heterocycles. The monoisotopic (exact) mass is 341 g/mol. The van der Waals surface area contributed by atoms with Crippen LogP contribution in [0.3, 0.4) is 0 Å². The highest BCUT2D eigenvalue weighted by Crippen LogP contribution is 2.25. The maximum atomic E-state index is 14.0. The molecule has 0 radical (unpaired) electrons. The van der Waals surface area contributed by atoms with Gasteiger partial charge in [0, 0.05) is 30.1 Å². The summed E-state index contributed by atoms with van der Waals surface area (Å²) in [7, 11) is 0. The van der Waals surface area contributed by atoms with Gasteiger partial charge in [0.05, 0.1) is 5.39 Å². The van der Waals surface area contributed by atoms with Crippen LogP contribution >= 0.6 is 0 Å². The largest absolute Gasteiger partial charge is 0.332 e. The smallest absolute Gasteiger partial charge is 0.275 e. The van der Waals surface area contributed by atoms with Crippen LogP contribution in [0.4, 0.5) is 8.78 Å². The number of rotatable bonds is 1. The summed E-state index contributed by atoms with van der Waals surface area (Å²) < 4.78 is 27.4. The third-order valence-corrected chi connectivity index (χ3v) is 4.44. The van der Waals surface area contributed by atoms with Crippen molar-refractivity contribution in [3.8, 4) is 0 Å². The minimum absolute atomic E-state index is 0.0371. The fourth-order valence-corrected chi connectivity index (χ4v) is 3.18. The van der Waals surface area contributed by atoms with Crippen molar-refractivity contribution in [2.75, 3.05) is 6.54 Å². The van der Waals surface area contributed by atoms with Gasteiger partial charge in [-0.15, -0.1) is 0 Å². The third kappa shape index (κ3) is 2.57. The van der Waals surface area contributed by atoms with Crippen LogP contribution < -0.4 is 5.56 Å². The number of amides is 1. The lowest BCUT2D eigenvalue weighted by Gasteiger charge is -2.29. The second kappa shape index (κ2) is 5.77. The molecule has 2 heterocycles. The number of fused-ring (bicyclic) bond motifs is 2. The van der Waals surface area contributed by atoms with Crippen LogP contribution in [-0.2, 0) is 13.0 Å². The summed E-state index contributed by atoms with van der Waals surface area (Å²) in [5, 5.41) is 7.03. The molecule has 3 aromatic rings. The van der Waals surface area contributed by atoms with Gasteiger partial charge in [0.25, 0.3) is 11.5 Å². The molecule has 0 fully saturated rings. The van der Waals surface area contributed by atoms with Crippen molar-refractivity contribution >= 4 is 16.7 Å². The van der Waals surface area contributed by atoms with Gasteiger partial charge in [-0.25, -0.2) is 13.9 Å². The first kappa shape index (κ1) is 15.4. The highest BCUT2D eigenvalue weighted by Gasteiger charge is 2.27. The molecule has 0 saturated heterocycles. The zero-order valence-corrected chi connectivity index (χ0v) is 13.1. The molecule has 0 spiro atoms. The van der Waals surface area contributed by atoms with Gasteiger partial charge in [-0.05, 0) is 24.1 Å².